The second kappa shape index (κ2) is 6.90. The maximum Gasteiger partial charge on any atom is 0.253 e. The zero-order valence-corrected chi connectivity index (χ0v) is 15.2. The molecule has 0 unspecified atom stereocenters. The third kappa shape index (κ3) is 3.34. The summed E-state index contributed by atoms with van der Waals surface area (Å²) in [5.41, 5.74) is 1.78. The van der Waals surface area contributed by atoms with E-state index in [-0.39, 0.29) is 11.5 Å². The van der Waals surface area contributed by atoms with Crippen LogP contribution in [0.4, 0.5) is 5.82 Å². The van der Waals surface area contributed by atoms with Gasteiger partial charge in [-0.2, -0.15) is 0 Å². The van der Waals surface area contributed by atoms with Gasteiger partial charge in [0.25, 0.3) is 5.56 Å². The van der Waals surface area contributed by atoms with Crippen molar-refractivity contribution in [3.8, 4) is 0 Å². The molecule has 0 radical (unpaired) electrons. The number of anilines is 1. The van der Waals surface area contributed by atoms with Crippen molar-refractivity contribution in [3.63, 3.8) is 0 Å². The summed E-state index contributed by atoms with van der Waals surface area (Å²) < 4.78 is 3.56. The number of nitrogens with zero attached hydrogens (tertiary/aromatic N) is 6. The summed E-state index contributed by atoms with van der Waals surface area (Å²) in [4.78, 5) is 23.3. The number of rotatable bonds is 4. The Bertz CT molecular complexity index is 952. The molecule has 0 saturated carbocycles. The van der Waals surface area contributed by atoms with Gasteiger partial charge in [-0.15, -0.1) is 5.10 Å². The molecule has 0 amide bonds. The molecular weight excluding hydrogens is 328 g/mol. The van der Waals surface area contributed by atoms with Crippen molar-refractivity contribution in [2.24, 2.45) is 5.92 Å². The summed E-state index contributed by atoms with van der Waals surface area (Å²) in [5.74, 6) is 1.75. The average Bonchev–Trinajstić information content (AvgIpc) is 3.11. The molecule has 7 heteroatoms. The molecule has 0 atom stereocenters. The predicted molar refractivity (Wildman–Crippen MR) is 101 cm³/mol. The van der Waals surface area contributed by atoms with Gasteiger partial charge in [-0.25, -0.2) is 14.5 Å². The van der Waals surface area contributed by atoms with Crippen molar-refractivity contribution in [2.75, 3.05) is 18.0 Å². The van der Waals surface area contributed by atoms with Crippen LogP contribution < -0.4 is 10.5 Å². The lowest BCUT2D eigenvalue weighted by atomic mass is 9.96. The third-order valence-electron chi connectivity index (χ3n) is 5.13. The minimum absolute atomic E-state index is 0.0540. The highest BCUT2D eigenvalue weighted by molar-refractivity contribution is 5.45. The van der Waals surface area contributed by atoms with Crippen LogP contribution in [-0.2, 0) is 6.54 Å². The molecular formula is C19H24N6O. The van der Waals surface area contributed by atoms with Gasteiger partial charge in [0.2, 0.25) is 0 Å². The van der Waals surface area contributed by atoms with E-state index in [1.165, 1.54) is 0 Å². The quantitative estimate of drug-likeness (QED) is 0.721. The maximum atomic E-state index is 12.3. The first-order valence-electron chi connectivity index (χ1n) is 9.22. The summed E-state index contributed by atoms with van der Waals surface area (Å²) in [6.07, 6.45) is 7.42. The molecule has 0 spiro atoms. The van der Waals surface area contributed by atoms with E-state index in [1.54, 1.807) is 23.2 Å². The van der Waals surface area contributed by atoms with Gasteiger partial charge >= 0.3 is 0 Å². The van der Waals surface area contributed by atoms with Gasteiger partial charge in [-0.1, -0.05) is 13.8 Å². The van der Waals surface area contributed by atoms with Crippen molar-refractivity contribution in [1.29, 1.82) is 0 Å². The predicted octanol–water partition coefficient (Wildman–Crippen LogP) is 2.33. The summed E-state index contributed by atoms with van der Waals surface area (Å²) in [6, 6.07) is 5.70. The Balaban J connectivity index is 1.40. The van der Waals surface area contributed by atoms with Crippen LogP contribution in [-0.4, -0.2) is 37.2 Å². The molecule has 136 valence electrons. The highest BCUT2D eigenvalue weighted by atomic mass is 16.1. The van der Waals surface area contributed by atoms with Crippen LogP contribution in [0.2, 0.25) is 0 Å². The van der Waals surface area contributed by atoms with Crippen LogP contribution in [0, 0.1) is 5.92 Å². The zero-order valence-electron chi connectivity index (χ0n) is 15.2. The Morgan fingerprint density at radius 1 is 1.19 bits per heavy atom. The summed E-state index contributed by atoms with van der Waals surface area (Å²) >= 11 is 0. The van der Waals surface area contributed by atoms with Crippen LogP contribution in [0.3, 0.4) is 0 Å². The fourth-order valence-corrected chi connectivity index (χ4v) is 3.49. The van der Waals surface area contributed by atoms with Crippen LogP contribution in [0.15, 0.2) is 41.7 Å². The first-order chi connectivity index (χ1) is 12.6. The van der Waals surface area contributed by atoms with Gasteiger partial charge in [-0.05, 0) is 36.8 Å². The first kappa shape index (κ1) is 16.8. The third-order valence-corrected chi connectivity index (χ3v) is 5.13. The number of hydrogen-bond donors (Lipinski definition) is 0. The summed E-state index contributed by atoms with van der Waals surface area (Å²) in [6.45, 7) is 6.74. The largest absolute Gasteiger partial charge is 0.355 e. The molecule has 0 aliphatic carbocycles. The maximum absolute atomic E-state index is 12.3. The molecule has 4 rings (SSSR count). The van der Waals surface area contributed by atoms with Crippen molar-refractivity contribution in [3.05, 3.63) is 53.0 Å². The molecule has 0 aromatic carbocycles. The monoisotopic (exact) mass is 352 g/mol. The summed E-state index contributed by atoms with van der Waals surface area (Å²) in [7, 11) is 0. The Labute approximate surface area is 152 Å². The second-order valence-electron chi connectivity index (χ2n) is 7.31. The van der Waals surface area contributed by atoms with Crippen LogP contribution >= 0.6 is 0 Å². The van der Waals surface area contributed by atoms with Crippen LogP contribution in [0.1, 0.15) is 38.3 Å². The van der Waals surface area contributed by atoms with E-state index in [1.807, 2.05) is 22.8 Å². The van der Waals surface area contributed by atoms with Crippen molar-refractivity contribution >= 4 is 11.5 Å². The molecule has 1 aliphatic heterocycles. The molecule has 3 aromatic heterocycles. The smallest absolute Gasteiger partial charge is 0.253 e. The fourth-order valence-electron chi connectivity index (χ4n) is 3.49. The van der Waals surface area contributed by atoms with Crippen molar-refractivity contribution in [1.82, 2.24) is 24.1 Å². The lowest BCUT2D eigenvalue weighted by molar-refractivity contribution is 0.349. The molecule has 7 nitrogen and oxygen atoms in total. The van der Waals surface area contributed by atoms with E-state index in [0.717, 1.165) is 49.6 Å². The van der Waals surface area contributed by atoms with E-state index < -0.39 is 0 Å². The van der Waals surface area contributed by atoms with Crippen molar-refractivity contribution < 1.29 is 0 Å². The molecule has 3 aromatic rings. The molecule has 1 fully saturated rings. The topological polar surface area (TPSA) is 68.3 Å². The zero-order chi connectivity index (χ0) is 18.1. The van der Waals surface area contributed by atoms with E-state index in [9.17, 15) is 4.79 Å². The number of hydrogen-bond acceptors (Lipinski definition) is 5. The number of imidazole rings is 1. The van der Waals surface area contributed by atoms with Gasteiger partial charge in [0, 0.05) is 38.1 Å². The Kier molecular flexibility index (Phi) is 4.44. The molecule has 4 heterocycles. The lowest BCUT2D eigenvalue weighted by Gasteiger charge is -2.32. The van der Waals surface area contributed by atoms with Gasteiger partial charge in [0.05, 0.1) is 12.0 Å². The van der Waals surface area contributed by atoms with Crippen molar-refractivity contribution in [2.45, 2.75) is 39.2 Å². The average molecular weight is 352 g/mol. The van der Waals surface area contributed by atoms with Gasteiger partial charge in [-0.3, -0.25) is 9.36 Å². The first-order valence-corrected chi connectivity index (χ1v) is 9.22. The van der Waals surface area contributed by atoms with Gasteiger partial charge in [0.1, 0.15) is 5.82 Å². The Hall–Kier alpha value is -2.70. The Morgan fingerprint density at radius 2 is 2.00 bits per heavy atom. The molecule has 1 saturated heterocycles. The minimum Gasteiger partial charge on any atom is -0.355 e. The van der Waals surface area contributed by atoms with Gasteiger partial charge in [0.15, 0.2) is 5.65 Å². The van der Waals surface area contributed by atoms with E-state index >= 15 is 0 Å². The number of piperidine rings is 1. The second-order valence-corrected chi connectivity index (χ2v) is 7.31. The fraction of sp³-hybridized carbons (Fsp3) is 0.474. The standard InChI is InChI=1S/C19H24N6O/c1-14(2)16-11-19(26)24(13-21-16)12-15-5-8-23(9-6-15)18-4-3-17-20-7-10-25(17)22-18/h3-4,7,10-11,13-15H,5-6,8-9,12H2,1-2H3. The van der Waals surface area contributed by atoms with E-state index in [2.05, 4.69) is 33.8 Å². The van der Waals surface area contributed by atoms with Gasteiger partial charge < -0.3 is 4.90 Å². The normalized spacial score (nSPS) is 15.9. The number of aromatic nitrogens is 5. The Morgan fingerprint density at radius 3 is 2.73 bits per heavy atom. The molecule has 0 bridgehead atoms. The molecule has 26 heavy (non-hydrogen) atoms. The molecule has 1 aliphatic rings. The molecule has 0 N–H and O–H groups in total. The summed E-state index contributed by atoms with van der Waals surface area (Å²) in [5, 5.41) is 4.62. The highest BCUT2D eigenvalue weighted by Crippen LogP contribution is 2.23. The van der Waals surface area contributed by atoms with Crippen LogP contribution in [0.5, 0.6) is 0 Å². The highest BCUT2D eigenvalue weighted by Gasteiger charge is 2.21. The van der Waals surface area contributed by atoms with E-state index in [4.69, 9.17) is 0 Å². The van der Waals surface area contributed by atoms with E-state index in [0.29, 0.717) is 5.92 Å². The SMILES string of the molecule is CC(C)c1cc(=O)n(CC2CCN(c3ccc4nccn4n3)CC2)cn1. The minimum atomic E-state index is 0.0540. The lowest BCUT2D eigenvalue weighted by Crippen LogP contribution is -2.37. The number of fused-ring (bicyclic) bond motifs is 1. The van der Waals surface area contributed by atoms with Crippen LogP contribution in [0.25, 0.3) is 5.65 Å².